The van der Waals surface area contributed by atoms with Gasteiger partial charge in [-0.3, -0.25) is 14.4 Å². The minimum Gasteiger partial charge on any atom is -0.462 e. The summed E-state index contributed by atoms with van der Waals surface area (Å²) in [5.74, 6) is -1.07. The Bertz CT molecular complexity index is 1180. The summed E-state index contributed by atoms with van der Waals surface area (Å²) < 4.78 is 16.6. The lowest BCUT2D eigenvalue weighted by atomic mass is 10.1. The highest BCUT2D eigenvalue weighted by Crippen LogP contribution is 2.12. The highest BCUT2D eigenvalue weighted by atomic mass is 16.6. The van der Waals surface area contributed by atoms with E-state index in [0.29, 0.717) is 19.3 Å². The van der Waals surface area contributed by atoms with E-state index in [0.717, 1.165) is 70.6 Å². The lowest BCUT2D eigenvalue weighted by Gasteiger charge is -2.18. The molecule has 0 saturated heterocycles. The number of ether oxygens (including phenoxy) is 3. The van der Waals surface area contributed by atoms with Crippen molar-refractivity contribution in [1.82, 2.24) is 0 Å². The highest BCUT2D eigenvalue weighted by molar-refractivity contribution is 5.71. The Morgan fingerprint density at radius 1 is 0.386 bits per heavy atom. The average Bonchev–Trinajstić information content (AvgIpc) is 3.21. The van der Waals surface area contributed by atoms with E-state index in [-0.39, 0.29) is 38.0 Å². The Morgan fingerprint density at radius 3 is 1.40 bits per heavy atom. The van der Waals surface area contributed by atoms with E-state index in [1.807, 2.05) is 6.08 Å². The van der Waals surface area contributed by atoms with Gasteiger partial charge in [-0.15, -0.1) is 0 Å². The third-order valence-electron chi connectivity index (χ3n) is 9.13. The lowest BCUT2D eigenvalue weighted by Crippen LogP contribution is -2.30. The molecule has 6 nitrogen and oxygen atoms in total. The molecular formula is C51H82O6. The first-order valence-corrected chi connectivity index (χ1v) is 22.8. The van der Waals surface area contributed by atoms with E-state index in [4.69, 9.17) is 14.2 Å². The number of carbonyl (C=O) groups excluding carboxylic acids is 3. The van der Waals surface area contributed by atoms with Gasteiger partial charge in [0.2, 0.25) is 0 Å². The van der Waals surface area contributed by atoms with Gasteiger partial charge in [0.25, 0.3) is 0 Å². The maximum atomic E-state index is 12.7. The predicted molar refractivity (Wildman–Crippen MR) is 242 cm³/mol. The van der Waals surface area contributed by atoms with Crippen LogP contribution in [0.4, 0.5) is 0 Å². The zero-order valence-electron chi connectivity index (χ0n) is 36.6. The quantitative estimate of drug-likeness (QED) is 0.0203. The van der Waals surface area contributed by atoms with Crippen molar-refractivity contribution < 1.29 is 28.6 Å². The van der Waals surface area contributed by atoms with Gasteiger partial charge in [0.1, 0.15) is 13.2 Å². The van der Waals surface area contributed by atoms with Crippen LogP contribution in [0.25, 0.3) is 0 Å². The van der Waals surface area contributed by atoms with Crippen LogP contribution in [0.2, 0.25) is 0 Å². The summed E-state index contributed by atoms with van der Waals surface area (Å²) >= 11 is 0. The first-order chi connectivity index (χ1) is 28.0. The third-order valence-corrected chi connectivity index (χ3v) is 9.13. The van der Waals surface area contributed by atoms with Crippen LogP contribution in [0.1, 0.15) is 188 Å². The number of rotatable bonds is 39. The zero-order chi connectivity index (χ0) is 41.5. The molecule has 0 N–H and O–H groups in total. The minimum atomic E-state index is -0.832. The zero-order valence-corrected chi connectivity index (χ0v) is 36.6. The van der Waals surface area contributed by atoms with Crippen molar-refractivity contribution in [2.24, 2.45) is 0 Å². The van der Waals surface area contributed by atoms with Crippen LogP contribution in [0.5, 0.6) is 0 Å². The number of unbranched alkanes of at least 4 members (excludes halogenated alkanes) is 14. The second-order valence-electron chi connectivity index (χ2n) is 14.6. The molecule has 1 atom stereocenters. The maximum Gasteiger partial charge on any atom is 0.306 e. The van der Waals surface area contributed by atoms with E-state index < -0.39 is 12.1 Å². The number of carbonyl (C=O) groups is 3. The summed E-state index contributed by atoms with van der Waals surface area (Å²) in [6.07, 6.45) is 58.4. The molecule has 0 radical (unpaired) electrons. The molecule has 0 amide bonds. The Kier molecular flexibility index (Phi) is 42.1. The van der Waals surface area contributed by atoms with Crippen molar-refractivity contribution in [3.8, 4) is 0 Å². The molecule has 0 aromatic rings. The van der Waals surface area contributed by atoms with Crippen molar-refractivity contribution in [2.75, 3.05) is 13.2 Å². The lowest BCUT2D eigenvalue weighted by molar-refractivity contribution is -0.166. The topological polar surface area (TPSA) is 78.9 Å². The van der Waals surface area contributed by atoms with Gasteiger partial charge in [0, 0.05) is 19.3 Å². The molecule has 0 rings (SSSR count). The van der Waals surface area contributed by atoms with Gasteiger partial charge in [-0.25, -0.2) is 0 Å². The standard InChI is InChI=1S/C51H82O6/c1-4-7-10-13-16-19-22-24-25-27-29-32-35-38-41-44-50(53)56-47-48(46-55-49(52)43-40-37-34-31-28-21-18-15-12-9-6-3)57-51(54)45-42-39-36-33-30-26-23-20-17-14-11-8-5-2/h7,9-10,12-13,16,18-19,21-22,26,30-31,34,36,39,48H,4-6,8,11,14-15,17,20,23-25,27-29,32-33,35,37-38,40-47H2,1-3H3/b10-7-,12-9-,16-13-,21-18-,22-19-,30-26-,34-31-,39-36-. The third kappa shape index (κ3) is 43.3. The summed E-state index contributed by atoms with van der Waals surface area (Å²) in [4.78, 5) is 37.7. The Morgan fingerprint density at radius 2 is 0.825 bits per heavy atom. The molecule has 0 spiro atoms. The van der Waals surface area contributed by atoms with E-state index in [9.17, 15) is 14.4 Å². The molecule has 0 aliphatic heterocycles. The first kappa shape index (κ1) is 53.3. The molecule has 0 aliphatic carbocycles. The molecule has 6 heteroatoms. The van der Waals surface area contributed by atoms with Crippen molar-refractivity contribution in [3.63, 3.8) is 0 Å². The van der Waals surface area contributed by atoms with Crippen LogP contribution in [-0.4, -0.2) is 37.2 Å². The first-order valence-electron chi connectivity index (χ1n) is 22.8. The fraction of sp³-hybridized carbons (Fsp3) is 0.627. The van der Waals surface area contributed by atoms with Crippen molar-refractivity contribution >= 4 is 17.9 Å². The molecule has 57 heavy (non-hydrogen) atoms. The van der Waals surface area contributed by atoms with Crippen molar-refractivity contribution in [3.05, 3.63) is 97.2 Å². The van der Waals surface area contributed by atoms with Gasteiger partial charge in [-0.05, 0) is 83.5 Å². The largest absolute Gasteiger partial charge is 0.462 e. The summed E-state index contributed by atoms with van der Waals surface area (Å²) in [5, 5.41) is 0. The average molecular weight is 791 g/mol. The predicted octanol–water partition coefficient (Wildman–Crippen LogP) is 14.6. The smallest absolute Gasteiger partial charge is 0.306 e. The SMILES string of the molecule is CC\C=C/C=C\C=C/CCCCCCCCCC(=O)OCC(COC(=O)CCC/C=C\C/C=C\C/C=C\CC)OC(=O)CC/C=C\C/C=C\CCCCCCCC. The molecule has 0 fully saturated rings. The molecule has 0 aliphatic rings. The van der Waals surface area contributed by atoms with Crippen LogP contribution in [0.15, 0.2) is 97.2 Å². The maximum absolute atomic E-state index is 12.7. The van der Waals surface area contributed by atoms with E-state index in [1.54, 1.807) is 0 Å². The molecule has 0 aromatic carbocycles. The van der Waals surface area contributed by atoms with Gasteiger partial charge < -0.3 is 14.2 Å². The fourth-order valence-electron chi connectivity index (χ4n) is 5.75. The molecule has 0 saturated carbocycles. The Hall–Kier alpha value is -3.67. The Labute approximate surface area is 349 Å². The number of hydrogen-bond donors (Lipinski definition) is 0. The van der Waals surface area contributed by atoms with Gasteiger partial charge in [0.05, 0.1) is 0 Å². The summed E-state index contributed by atoms with van der Waals surface area (Å²) in [6.45, 7) is 6.24. The van der Waals surface area contributed by atoms with Crippen molar-refractivity contribution in [1.29, 1.82) is 0 Å². The molecule has 1 unspecified atom stereocenters. The van der Waals surface area contributed by atoms with Crippen molar-refractivity contribution in [2.45, 2.75) is 194 Å². The second kappa shape index (κ2) is 45.0. The second-order valence-corrected chi connectivity index (χ2v) is 14.6. The highest BCUT2D eigenvalue weighted by Gasteiger charge is 2.19. The van der Waals surface area contributed by atoms with E-state index >= 15 is 0 Å². The minimum absolute atomic E-state index is 0.124. The van der Waals surface area contributed by atoms with E-state index in [2.05, 4.69) is 112 Å². The Balaban J connectivity index is 4.54. The molecule has 0 heterocycles. The monoisotopic (exact) mass is 791 g/mol. The molecule has 322 valence electrons. The summed E-state index contributed by atoms with van der Waals surface area (Å²) in [5.41, 5.74) is 0. The molecular weight excluding hydrogens is 709 g/mol. The van der Waals surface area contributed by atoms with Crippen LogP contribution in [-0.2, 0) is 28.6 Å². The number of esters is 3. The fourth-order valence-corrected chi connectivity index (χ4v) is 5.75. The summed E-state index contributed by atoms with van der Waals surface area (Å²) in [7, 11) is 0. The molecule has 0 aromatic heterocycles. The summed E-state index contributed by atoms with van der Waals surface area (Å²) in [6, 6.07) is 0. The van der Waals surface area contributed by atoms with Gasteiger partial charge >= 0.3 is 17.9 Å². The molecule has 0 bridgehead atoms. The van der Waals surface area contributed by atoms with Crippen LogP contribution < -0.4 is 0 Å². The van der Waals surface area contributed by atoms with Crippen LogP contribution >= 0.6 is 0 Å². The number of hydrogen-bond acceptors (Lipinski definition) is 6. The van der Waals surface area contributed by atoms with Gasteiger partial charge in [-0.2, -0.15) is 0 Å². The van der Waals surface area contributed by atoms with Gasteiger partial charge in [-0.1, -0.05) is 182 Å². The van der Waals surface area contributed by atoms with E-state index in [1.165, 1.54) is 64.2 Å². The number of allylic oxidation sites excluding steroid dienone is 16. The van der Waals surface area contributed by atoms with Crippen LogP contribution in [0.3, 0.4) is 0 Å². The van der Waals surface area contributed by atoms with Gasteiger partial charge in [0.15, 0.2) is 6.10 Å². The normalized spacial score (nSPS) is 13.0. The van der Waals surface area contributed by atoms with Crippen LogP contribution in [0, 0.1) is 0 Å².